The Morgan fingerprint density at radius 1 is 1.19 bits per heavy atom. The minimum atomic E-state index is -3.79. The number of sulfonamides is 1. The maximum absolute atomic E-state index is 12.5. The van der Waals surface area contributed by atoms with Crippen LogP contribution in [0.4, 0.5) is 0 Å². The number of carbonyl (C=O) groups excluding carboxylic acids is 2. The third kappa shape index (κ3) is 7.23. The van der Waals surface area contributed by atoms with Crippen molar-refractivity contribution in [2.24, 2.45) is 5.92 Å². The number of hydrogen-bond donors (Lipinski definition) is 1. The molecule has 0 saturated heterocycles. The van der Waals surface area contributed by atoms with E-state index in [9.17, 15) is 18.0 Å². The van der Waals surface area contributed by atoms with Crippen molar-refractivity contribution in [1.82, 2.24) is 9.62 Å². The highest BCUT2D eigenvalue weighted by atomic mass is 32.2. The molecule has 1 amide bonds. The molecule has 0 unspecified atom stereocenters. The number of ketones is 1. The standard InChI is InChI=1S/C18H28N2O5S/c1-14(2)13-25-11-5-10-19-18(22)12-20(4)26(23,24)17-8-6-16(7-9-17)15(3)21/h6-9,14H,5,10-13H2,1-4H3,(H,19,22). The van der Waals surface area contributed by atoms with Crippen LogP contribution in [-0.4, -0.2) is 57.8 Å². The van der Waals surface area contributed by atoms with Crippen LogP contribution >= 0.6 is 0 Å². The van der Waals surface area contributed by atoms with Crippen LogP contribution in [0.5, 0.6) is 0 Å². The molecule has 7 nitrogen and oxygen atoms in total. The number of nitrogens with one attached hydrogen (secondary N) is 1. The molecule has 8 heteroatoms. The lowest BCUT2D eigenvalue weighted by Gasteiger charge is -2.17. The Bertz CT molecular complexity index is 699. The van der Waals surface area contributed by atoms with Gasteiger partial charge in [-0.1, -0.05) is 26.0 Å². The monoisotopic (exact) mass is 384 g/mol. The first-order valence-corrected chi connectivity index (χ1v) is 10.0. The van der Waals surface area contributed by atoms with E-state index >= 15 is 0 Å². The van der Waals surface area contributed by atoms with E-state index in [1.54, 1.807) is 0 Å². The van der Waals surface area contributed by atoms with Gasteiger partial charge in [-0.2, -0.15) is 4.31 Å². The van der Waals surface area contributed by atoms with Gasteiger partial charge in [-0.05, 0) is 31.4 Å². The smallest absolute Gasteiger partial charge is 0.243 e. The molecule has 0 bridgehead atoms. The lowest BCUT2D eigenvalue weighted by Crippen LogP contribution is -2.38. The Kier molecular flexibility index (Phi) is 8.91. The topological polar surface area (TPSA) is 92.8 Å². The zero-order valence-corrected chi connectivity index (χ0v) is 16.6. The van der Waals surface area contributed by atoms with Gasteiger partial charge < -0.3 is 10.1 Å². The highest BCUT2D eigenvalue weighted by molar-refractivity contribution is 7.89. The Balaban J connectivity index is 2.48. The second kappa shape index (κ2) is 10.4. The fraction of sp³-hybridized carbons (Fsp3) is 0.556. The summed E-state index contributed by atoms with van der Waals surface area (Å²) in [5, 5.41) is 2.68. The third-order valence-corrected chi connectivity index (χ3v) is 5.39. The summed E-state index contributed by atoms with van der Waals surface area (Å²) in [6.45, 7) is 6.92. The van der Waals surface area contributed by atoms with Gasteiger partial charge in [0.25, 0.3) is 0 Å². The number of nitrogens with zero attached hydrogens (tertiary/aromatic N) is 1. The molecular weight excluding hydrogens is 356 g/mol. The van der Waals surface area contributed by atoms with Crippen LogP contribution in [-0.2, 0) is 19.6 Å². The van der Waals surface area contributed by atoms with E-state index in [0.717, 1.165) is 4.31 Å². The first-order valence-electron chi connectivity index (χ1n) is 8.56. The van der Waals surface area contributed by atoms with Crippen LogP contribution in [0.1, 0.15) is 37.6 Å². The van der Waals surface area contributed by atoms with Crippen molar-refractivity contribution in [3.05, 3.63) is 29.8 Å². The number of Topliss-reactive ketones (excluding diaryl/α,β-unsaturated/α-hetero) is 1. The van der Waals surface area contributed by atoms with Crippen LogP contribution < -0.4 is 5.32 Å². The molecule has 1 aromatic carbocycles. The largest absolute Gasteiger partial charge is 0.381 e. The van der Waals surface area contributed by atoms with Gasteiger partial charge in [0.2, 0.25) is 15.9 Å². The van der Waals surface area contributed by atoms with Crippen molar-refractivity contribution < 1.29 is 22.7 Å². The maximum Gasteiger partial charge on any atom is 0.243 e. The van der Waals surface area contributed by atoms with E-state index in [-0.39, 0.29) is 23.1 Å². The van der Waals surface area contributed by atoms with E-state index in [0.29, 0.717) is 37.7 Å². The summed E-state index contributed by atoms with van der Waals surface area (Å²) in [5.41, 5.74) is 0.434. The molecule has 0 aliphatic carbocycles. The zero-order valence-electron chi connectivity index (χ0n) is 15.8. The minimum Gasteiger partial charge on any atom is -0.381 e. The quantitative estimate of drug-likeness (QED) is 0.463. The SMILES string of the molecule is CC(=O)c1ccc(S(=O)(=O)N(C)CC(=O)NCCCOCC(C)C)cc1. The van der Waals surface area contributed by atoms with Crippen LogP contribution in [0.15, 0.2) is 29.2 Å². The average Bonchev–Trinajstić information content (AvgIpc) is 2.57. The third-order valence-electron chi connectivity index (χ3n) is 3.57. The number of amides is 1. The van der Waals surface area contributed by atoms with E-state index in [1.165, 1.54) is 38.2 Å². The molecule has 146 valence electrons. The van der Waals surface area contributed by atoms with Gasteiger partial charge in [0.1, 0.15) is 0 Å². The van der Waals surface area contributed by atoms with E-state index in [1.807, 2.05) is 0 Å². The molecule has 0 atom stereocenters. The highest BCUT2D eigenvalue weighted by Gasteiger charge is 2.22. The molecule has 1 N–H and O–H groups in total. The van der Waals surface area contributed by atoms with Crippen molar-refractivity contribution in [3.8, 4) is 0 Å². The first kappa shape index (κ1) is 22.3. The van der Waals surface area contributed by atoms with Crippen molar-refractivity contribution >= 4 is 21.7 Å². The lowest BCUT2D eigenvalue weighted by molar-refractivity contribution is -0.121. The molecule has 0 aromatic heterocycles. The van der Waals surface area contributed by atoms with Crippen LogP contribution in [0, 0.1) is 5.92 Å². The Morgan fingerprint density at radius 3 is 2.35 bits per heavy atom. The number of carbonyl (C=O) groups is 2. The number of benzene rings is 1. The average molecular weight is 384 g/mol. The van der Waals surface area contributed by atoms with E-state index in [2.05, 4.69) is 19.2 Å². The van der Waals surface area contributed by atoms with Gasteiger partial charge in [0.15, 0.2) is 5.78 Å². The lowest BCUT2D eigenvalue weighted by atomic mass is 10.2. The Hall–Kier alpha value is -1.77. The number of rotatable bonds is 11. The molecule has 0 saturated carbocycles. The predicted molar refractivity (Wildman–Crippen MR) is 99.5 cm³/mol. The summed E-state index contributed by atoms with van der Waals surface area (Å²) in [4.78, 5) is 23.2. The molecule has 1 rings (SSSR count). The van der Waals surface area contributed by atoms with E-state index in [4.69, 9.17) is 4.74 Å². The molecule has 0 aliphatic heterocycles. The molecule has 0 aliphatic rings. The first-order chi connectivity index (χ1) is 12.1. The van der Waals surface area contributed by atoms with Crippen molar-refractivity contribution in [2.75, 3.05) is 33.4 Å². The highest BCUT2D eigenvalue weighted by Crippen LogP contribution is 2.15. The van der Waals surface area contributed by atoms with Crippen LogP contribution in [0.25, 0.3) is 0 Å². The van der Waals surface area contributed by atoms with Crippen LogP contribution in [0.3, 0.4) is 0 Å². The van der Waals surface area contributed by atoms with Crippen LogP contribution in [0.2, 0.25) is 0 Å². The second-order valence-corrected chi connectivity index (χ2v) is 8.56. The fourth-order valence-corrected chi connectivity index (χ4v) is 3.23. The zero-order chi connectivity index (χ0) is 19.7. The van der Waals surface area contributed by atoms with Gasteiger partial charge in [-0.25, -0.2) is 8.42 Å². The number of ether oxygens (including phenoxy) is 1. The summed E-state index contributed by atoms with van der Waals surface area (Å²) in [6, 6.07) is 5.65. The molecule has 0 fully saturated rings. The predicted octanol–water partition coefficient (Wildman–Crippen LogP) is 1.69. The van der Waals surface area contributed by atoms with Gasteiger partial charge in [-0.15, -0.1) is 0 Å². The minimum absolute atomic E-state index is 0.0416. The molecular formula is C18H28N2O5S. The summed E-state index contributed by atoms with van der Waals surface area (Å²) in [7, 11) is -2.44. The van der Waals surface area contributed by atoms with Crippen molar-refractivity contribution in [1.29, 1.82) is 0 Å². The summed E-state index contributed by atoms with van der Waals surface area (Å²) >= 11 is 0. The molecule has 1 aromatic rings. The van der Waals surface area contributed by atoms with Gasteiger partial charge in [0.05, 0.1) is 11.4 Å². The Labute approximate surface area is 155 Å². The van der Waals surface area contributed by atoms with Gasteiger partial charge in [0, 0.05) is 32.4 Å². The normalized spacial score (nSPS) is 11.8. The van der Waals surface area contributed by atoms with Crippen molar-refractivity contribution in [3.63, 3.8) is 0 Å². The van der Waals surface area contributed by atoms with E-state index < -0.39 is 10.0 Å². The fourth-order valence-electron chi connectivity index (χ4n) is 2.11. The van der Waals surface area contributed by atoms with Gasteiger partial charge >= 0.3 is 0 Å². The van der Waals surface area contributed by atoms with Gasteiger partial charge in [-0.3, -0.25) is 9.59 Å². The Morgan fingerprint density at radius 2 is 1.81 bits per heavy atom. The molecule has 0 heterocycles. The molecule has 0 spiro atoms. The molecule has 26 heavy (non-hydrogen) atoms. The summed E-state index contributed by atoms with van der Waals surface area (Å²) in [6.07, 6.45) is 0.668. The number of hydrogen-bond acceptors (Lipinski definition) is 5. The number of likely N-dealkylation sites (N-methyl/N-ethyl adjacent to an activating group) is 1. The molecule has 0 radical (unpaired) electrons. The van der Waals surface area contributed by atoms with Crippen molar-refractivity contribution in [2.45, 2.75) is 32.1 Å². The summed E-state index contributed by atoms with van der Waals surface area (Å²) in [5.74, 6) is -0.0488. The summed E-state index contributed by atoms with van der Waals surface area (Å²) < 4.78 is 31.3. The second-order valence-electron chi connectivity index (χ2n) is 6.51. The maximum atomic E-state index is 12.5.